The molecule has 1 atom stereocenters. The summed E-state index contributed by atoms with van der Waals surface area (Å²) in [6, 6.07) is 0. The topological polar surface area (TPSA) is 73.6 Å². The Kier molecular flexibility index (Phi) is 8.22. The van der Waals surface area contributed by atoms with Gasteiger partial charge in [-0.25, -0.2) is 0 Å². The lowest BCUT2D eigenvalue weighted by atomic mass is 9.95. The number of nitrogens with two attached hydrogens (primary N) is 1. The standard InChI is InChI=1S/C14H30N2O3/c1-6-16-14(4,12(15)17)8-7-10-19-11-9-13(2,3)18-5/h16H,6-11H2,1-5H3,(H2,15,17). The minimum Gasteiger partial charge on any atom is -0.381 e. The maximum absolute atomic E-state index is 11.4. The predicted octanol–water partition coefficient (Wildman–Crippen LogP) is 1.45. The van der Waals surface area contributed by atoms with Gasteiger partial charge in [0.1, 0.15) is 0 Å². The normalized spacial score (nSPS) is 15.2. The number of hydrogen-bond acceptors (Lipinski definition) is 4. The number of carbonyl (C=O) groups is 1. The number of nitrogens with one attached hydrogen (secondary N) is 1. The van der Waals surface area contributed by atoms with Gasteiger partial charge in [-0.3, -0.25) is 4.79 Å². The van der Waals surface area contributed by atoms with Crippen molar-refractivity contribution in [2.24, 2.45) is 5.73 Å². The lowest BCUT2D eigenvalue weighted by Gasteiger charge is -2.27. The van der Waals surface area contributed by atoms with Gasteiger partial charge in [-0.2, -0.15) is 0 Å². The molecule has 1 amide bonds. The van der Waals surface area contributed by atoms with E-state index >= 15 is 0 Å². The van der Waals surface area contributed by atoms with Crippen molar-refractivity contribution in [3.8, 4) is 0 Å². The molecule has 0 aromatic carbocycles. The van der Waals surface area contributed by atoms with E-state index in [2.05, 4.69) is 5.32 Å². The highest BCUT2D eigenvalue weighted by Crippen LogP contribution is 2.14. The maximum Gasteiger partial charge on any atom is 0.237 e. The van der Waals surface area contributed by atoms with Crippen LogP contribution in [0.2, 0.25) is 0 Å². The van der Waals surface area contributed by atoms with Crippen molar-refractivity contribution in [3.63, 3.8) is 0 Å². The van der Waals surface area contributed by atoms with Crippen molar-refractivity contribution in [2.45, 2.75) is 58.1 Å². The van der Waals surface area contributed by atoms with Gasteiger partial charge in [-0.1, -0.05) is 6.92 Å². The average molecular weight is 274 g/mol. The summed E-state index contributed by atoms with van der Waals surface area (Å²) in [5, 5.41) is 3.13. The number of hydrogen-bond donors (Lipinski definition) is 2. The van der Waals surface area contributed by atoms with Crippen LogP contribution in [0.1, 0.15) is 47.0 Å². The first kappa shape index (κ1) is 18.4. The zero-order valence-corrected chi connectivity index (χ0v) is 13.0. The number of carbonyl (C=O) groups excluding carboxylic acids is 1. The molecule has 5 heteroatoms. The lowest BCUT2D eigenvalue weighted by Crippen LogP contribution is -2.53. The fraction of sp³-hybridized carbons (Fsp3) is 0.929. The first-order valence-electron chi connectivity index (χ1n) is 6.95. The molecule has 0 aromatic rings. The van der Waals surface area contributed by atoms with Gasteiger partial charge in [0.05, 0.1) is 11.1 Å². The Balaban J connectivity index is 3.81. The van der Waals surface area contributed by atoms with E-state index in [4.69, 9.17) is 15.2 Å². The van der Waals surface area contributed by atoms with Crippen molar-refractivity contribution in [1.29, 1.82) is 0 Å². The Morgan fingerprint density at radius 2 is 1.84 bits per heavy atom. The molecule has 0 saturated heterocycles. The number of likely N-dealkylation sites (N-methyl/N-ethyl adjacent to an activating group) is 1. The zero-order chi connectivity index (χ0) is 14.9. The van der Waals surface area contributed by atoms with E-state index in [9.17, 15) is 4.79 Å². The fourth-order valence-electron chi connectivity index (χ4n) is 1.74. The van der Waals surface area contributed by atoms with Crippen LogP contribution in [0, 0.1) is 0 Å². The first-order valence-corrected chi connectivity index (χ1v) is 6.95. The van der Waals surface area contributed by atoms with E-state index in [1.54, 1.807) is 7.11 Å². The zero-order valence-electron chi connectivity index (χ0n) is 13.0. The van der Waals surface area contributed by atoms with Crippen molar-refractivity contribution in [2.75, 3.05) is 26.9 Å². The molecule has 0 aliphatic carbocycles. The summed E-state index contributed by atoms with van der Waals surface area (Å²) < 4.78 is 10.9. The highest BCUT2D eigenvalue weighted by atomic mass is 16.5. The SMILES string of the molecule is CCNC(C)(CCCOCCC(C)(C)OC)C(N)=O. The number of rotatable bonds is 11. The van der Waals surface area contributed by atoms with Crippen molar-refractivity contribution >= 4 is 5.91 Å². The third-order valence-corrected chi connectivity index (χ3v) is 3.48. The van der Waals surface area contributed by atoms with Crippen LogP contribution in [0.15, 0.2) is 0 Å². The van der Waals surface area contributed by atoms with Crippen LogP contribution < -0.4 is 11.1 Å². The molecule has 114 valence electrons. The summed E-state index contributed by atoms with van der Waals surface area (Å²) in [7, 11) is 1.70. The molecule has 3 N–H and O–H groups in total. The molecular formula is C14H30N2O3. The minimum absolute atomic E-state index is 0.147. The molecule has 1 unspecified atom stereocenters. The van der Waals surface area contributed by atoms with Crippen LogP contribution in [0.3, 0.4) is 0 Å². The predicted molar refractivity (Wildman–Crippen MR) is 77.0 cm³/mol. The van der Waals surface area contributed by atoms with Gasteiger partial charge in [-0.05, 0) is 46.6 Å². The van der Waals surface area contributed by atoms with Crippen LogP contribution in [-0.2, 0) is 14.3 Å². The van der Waals surface area contributed by atoms with Crippen molar-refractivity contribution < 1.29 is 14.3 Å². The van der Waals surface area contributed by atoms with Gasteiger partial charge in [0.2, 0.25) is 5.91 Å². The molecule has 0 fully saturated rings. The monoisotopic (exact) mass is 274 g/mol. The molecule has 0 aliphatic rings. The van der Waals surface area contributed by atoms with Crippen LogP contribution >= 0.6 is 0 Å². The molecule has 0 radical (unpaired) electrons. The largest absolute Gasteiger partial charge is 0.381 e. The fourth-order valence-corrected chi connectivity index (χ4v) is 1.74. The van der Waals surface area contributed by atoms with Crippen LogP contribution in [0.25, 0.3) is 0 Å². The first-order chi connectivity index (χ1) is 8.77. The molecule has 5 nitrogen and oxygen atoms in total. The van der Waals surface area contributed by atoms with Gasteiger partial charge in [-0.15, -0.1) is 0 Å². The Morgan fingerprint density at radius 3 is 2.32 bits per heavy atom. The van der Waals surface area contributed by atoms with E-state index in [1.165, 1.54) is 0 Å². The molecule has 0 aliphatic heterocycles. The van der Waals surface area contributed by atoms with E-state index in [0.717, 1.165) is 19.4 Å². The highest BCUT2D eigenvalue weighted by molar-refractivity contribution is 5.84. The quantitative estimate of drug-likeness (QED) is 0.559. The number of methoxy groups -OCH3 is 1. The third-order valence-electron chi connectivity index (χ3n) is 3.48. The average Bonchev–Trinajstić information content (AvgIpc) is 2.33. The van der Waals surface area contributed by atoms with Gasteiger partial charge in [0.15, 0.2) is 0 Å². The molecular weight excluding hydrogens is 244 g/mol. The second kappa shape index (κ2) is 8.51. The van der Waals surface area contributed by atoms with E-state index in [-0.39, 0.29) is 11.5 Å². The number of amides is 1. The summed E-state index contributed by atoms with van der Waals surface area (Å²) in [5.74, 6) is -0.310. The number of primary amides is 1. The van der Waals surface area contributed by atoms with E-state index < -0.39 is 5.54 Å². The summed E-state index contributed by atoms with van der Waals surface area (Å²) in [4.78, 5) is 11.4. The van der Waals surface area contributed by atoms with Crippen LogP contribution in [-0.4, -0.2) is 43.9 Å². The summed E-state index contributed by atoms with van der Waals surface area (Å²) in [5.41, 5.74) is 4.63. The van der Waals surface area contributed by atoms with E-state index in [0.29, 0.717) is 19.6 Å². The van der Waals surface area contributed by atoms with Crippen LogP contribution in [0.4, 0.5) is 0 Å². The van der Waals surface area contributed by atoms with Gasteiger partial charge in [0.25, 0.3) is 0 Å². The molecule has 19 heavy (non-hydrogen) atoms. The van der Waals surface area contributed by atoms with Gasteiger partial charge in [0, 0.05) is 20.3 Å². The van der Waals surface area contributed by atoms with Crippen LogP contribution in [0.5, 0.6) is 0 Å². The van der Waals surface area contributed by atoms with Gasteiger partial charge < -0.3 is 20.5 Å². The van der Waals surface area contributed by atoms with Gasteiger partial charge >= 0.3 is 0 Å². The third kappa shape index (κ3) is 7.50. The minimum atomic E-state index is -0.635. The molecule has 0 spiro atoms. The summed E-state index contributed by atoms with van der Waals surface area (Å²) >= 11 is 0. The van der Waals surface area contributed by atoms with Crippen molar-refractivity contribution in [3.05, 3.63) is 0 Å². The second-order valence-corrected chi connectivity index (χ2v) is 5.66. The van der Waals surface area contributed by atoms with Crippen molar-refractivity contribution in [1.82, 2.24) is 5.32 Å². The maximum atomic E-state index is 11.4. The Morgan fingerprint density at radius 1 is 1.21 bits per heavy atom. The van der Waals surface area contributed by atoms with E-state index in [1.807, 2.05) is 27.7 Å². The molecule has 0 saturated carbocycles. The Labute approximate surface area is 117 Å². The lowest BCUT2D eigenvalue weighted by molar-refractivity contribution is -0.124. The smallest absolute Gasteiger partial charge is 0.237 e. The summed E-state index contributed by atoms with van der Waals surface area (Å²) in [6.07, 6.45) is 2.34. The molecule has 0 rings (SSSR count). The molecule has 0 aromatic heterocycles. The summed E-state index contributed by atoms with van der Waals surface area (Å²) in [6.45, 7) is 9.89. The number of ether oxygens (including phenoxy) is 2. The molecule has 0 heterocycles. The second-order valence-electron chi connectivity index (χ2n) is 5.66. The Hall–Kier alpha value is -0.650. The highest BCUT2D eigenvalue weighted by Gasteiger charge is 2.28. The molecule has 0 bridgehead atoms. The Bertz CT molecular complexity index is 269.